The number of carbonyl (C=O) groups is 1. The third-order valence-corrected chi connectivity index (χ3v) is 7.23. The van der Waals surface area contributed by atoms with E-state index in [0.29, 0.717) is 24.2 Å². The lowest BCUT2D eigenvalue weighted by atomic mass is 9.78. The zero-order chi connectivity index (χ0) is 26.0. The second-order valence-electron chi connectivity index (χ2n) is 9.69. The van der Waals surface area contributed by atoms with Crippen LogP contribution in [0.1, 0.15) is 49.7 Å². The van der Waals surface area contributed by atoms with E-state index in [9.17, 15) is 9.59 Å². The monoisotopic (exact) mass is 512 g/mol. The molecule has 0 N–H and O–H groups in total. The molecule has 0 saturated heterocycles. The van der Waals surface area contributed by atoms with Crippen LogP contribution in [-0.4, -0.2) is 49.6 Å². The first-order chi connectivity index (χ1) is 17.2. The maximum atomic E-state index is 13.0. The Morgan fingerprint density at radius 1 is 1.17 bits per heavy atom. The summed E-state index contributed by atoms with van der Waals surface area (Å²) in [5, 5.41) is 0.567. The third kappa shape index (κ3) is 5.03. The molecule has 9 heteroatoms. The Bertz CT molecular complexity index is 1320. The average Bonchev–Trinajstić information content (AvgIpc) is 3.30. The summed E-state index contributed by atoms with van der Waals surface area (Å²) in [7, 11) is 3.25. The zero-order valence-electron chi connectivity index (χ0n) is 21.5. The van der Waals surface area contributed by atoms with Crippen molar-refractivity contribution in [2.75, 3.05) is 34.0 Å². The van der Waals surface area contributed by atoms with Crippen LogP contribution in [0.5, 0.6) is 10.9 Å². The molecule has 36 heavy (non-hydrogen) atoms. The van der Waals surface area contributed by atoms with Gasteiger partial charge in [-0.3, -0.25) is 4.79 Å². The van der Waals surface area contributed by atoms with Crippen molar-refractivity contribution in [1.29, 1.82) is 0 Å². The number of rotatable bonds is 8. The number of carbonyl (C=O) groups excluding carboxylic acids is 1. The Labute approximate surface area is 214 Å². The van der Waals surface area contributed by atoms with Crippen LogP contribution in [0.4, 0.5) is 0 Å². The van der Waals surface area contributed by atoms with Gasteiger partial charge in [0.2, 0.25) is 0 Å². The highest BCUT2D eigenvalue weighted by Crippen LogP contribution is 2.46. The lowest BCUT2D eigenvalue weighted by Gasteiger charge is -2.39. The number of aromatic nitrogens is 2. The predicted octanol–water partition coefficient (Wildman–Crippen LogP) is 4.99. The van der Waals surface area contributed by atoms with Crippen LogP contribution < -0.4 is 14.9 Å². The second kappa shape index (κ2) is 10.4. The van der Waals surface area contributed by atoms with Gasteiger partial charge >= 0.3 is 5.97 Å². The molecule has 0 saturated carbocycles. The molecule has 3 heterocycles. The van der Waals surface area contributed by atoms with E-state index in [4.69, 9.17) is 18.9 Å². The Hall–Kier alpha value is -3.17. The highest BCUT2D eigenvalue weighted by molar-refractivity contribution is 7.16. The molecule has 0 fully saturated rings. The zero-order valence-corrected chi connectivity index (χ0v) is 22.4. The van der Waals surface area contributed by atoms with E-state index in [-0.39, 0.29) is 29.1 Å². The number of ether oxygens (including phenoxy) is 4. The summed E-state index contributed by atoms with van der Waals surface area (Å²) < 4.78 is 23.7. The van der Waals surface area contributed by atoms with Gasteiger partial charge in [0.1, 0.15) is 17.9 Å². The molecule has 1 unspecified atom stereocenters. The Balaban J connectivity index is 1.83. The number of methoxy groups -OCH3 is 2. The average molecular weight is 513 g/mol. The van der Waals surface area contributed by atoms with Gasteiger partial charge in [-0.15, -0.1) is 0 Å². The molecule has 3 aromatic rings. The van der Waals surface area contributed by atoms with E-state index >= 15 is 0 Å². The molecule has 0 spiro atoms. The number of pyridine rings is 1. The molecule has 0 aliphatic carbocycles. The first-order valence-electron chi connectivity index (χ1n) is 11.9. The number of fused-ring (bicyclic) bond motifs is 3. The molecule has 1 aliphatic heterocycles. The molecule has 1 atom stereocenters. The Morgan fingerprint density at radius 3 is 2.61 bits per heavy atom. The normalized spacial score (nSPS) is 14.7. The summed E-state index contributed by atoms with van der Waals surface area (Å²) in [4.78, 5) is 30.7. The van der Waals surface area contributed by atoms with Gasteiger partial charge in [0.05, 0.1) is 30.9 Å². The van der Waals surface area contributed by atoms with Gasteiger partial charge < -0.3 is 23.5 Å². The van der Waals surface area contributed by atoms with E-state index in [1.54, 1.807) is 33.5 Å². The molecule has 1 aliphatic rings. The minimum atomic E-state index is -0.599. The lowest BCUT2D eigenvalue weighted by Crippen LogP contribution is -2.33. The van der Waals surface area contributed by atoms with Crippen LogP contribution in [0.15, 0.2) is 35.4 Å². The third-order valence-electron chi connectivity index (χ3n) is 6.29. The Morgan fingerprint density at radius 2 is 1.94 bits per heavy atom. The van der Waals surface area contributed by atoms with Crippen LogP contribution in [0.2, 0.25) is 0 Å². The van der Waals surface area contributed by atoms with Gasteiger partial charge in [-0.1, -0.05) is 32.1 Å². The van der Waals surface area contributed by atoms with Crippen LogP contribution >= 0.6 is 11.3 Å². The van der Waals surface area contributed by atoms with Crippen molar-refractivity contribution in [2.24, 2.45) is 5.41 Å². The fraction of sp³-hybridized carbons (Fsp3) is 0.444. The number of thiazole rings is 1. The van der Waals surface area contributed by atoms with E-state index in [1.165, 1.54) is 17.4 Å². The maximum Gasteiger partial charge on any atom is 0.343 e. The molecular formula is C27H32N2O6S. The van der Waals surface area contributed by atoms with Crippen molar-refractivity contribution in [3.8, 4) is 32.6 Å². The summed E-state index contributed by atoms with van der Waals surface area (Å²) in [5.74, 6) is 0.0708. The van der Waals surface area contributed by atoms with Gasteiger partial charge in [0.25, 0.3) is 5.19 Å². The number of hydrogen-bond acceptors (Lipinski definition) is 8. The molecule has 2 aromatic heterocycles. The fourth-order valence-electron chi connectivity index (χ4n) is 4.47. The van der Waals surface area contributed by atoms with Gasteiger partial charge in [-0.05, 0) is 36.5 Å². The van der Waals surface area contributed by atoms with Crippen molar-refractivity contribution in [2.45, 2.75) is 40.2 Å². The van der Waals surface area contributed by atoms with Crippen molar-refractivity contribution < 1.29 is 23.7 Å². The van der Waals surface area contributed by atoms with E-state index < -0.39 is 5.97 Å². The van der Waals surface area contributed by atoms with Gasteiger partial charge in [0, 0.05) is 42.7 Å². The van der Waals surface area contributed by atoms with Crippen LogP contribution in [0.25, 0.3) is 21.7 Å². The van der Waals surface area contributed by atoms with Crippen molar-refractivity contribution in [3.05, 3.63) is 51.9 Å². The van der Waals surface area contributed by atoms with Crippen molar-refractivity contribution >= 4 is 17.3 Å². The minimum Gasteiger partial charge on any atom is -0.496 e. The fourth-order valence-corrected chi connectivity index (χ4v) is 5.28. The smallest absolute Gasteiger partial charge is 0.343 e. The summed E-state index contributed by atoms with van der Waals surface area (Å²) in [5.41, 5.74) is 3.24. The van der Waals surface area contributed by atoms with E-state index in [1.807, 2.05) is 10.6 Å². The SMILES string of the molecule is CCOC(=O)c1cn2c(cc1=O)-c1cc(OC)c(-c3cnc(OCCOC)s3)cc1CC2C(C)(C)C. The topological polar surface area (TPSA) is 88.9 Å². The van der Waals surface area contributed by atoms with Crippen molar-refractivity contribution in [1.82, 2.24) is 9.55 Å². The van der Waals surface area contributed by atoms with Gasteiger partial charge in [-0.2, -0.15) is 0 Å². The molecule has 1 aromatic carbocycles. The summed E-state index contributed by atoms with van der Waals surface area (Å²) in [6.45, 7) is 9.33. The quantitative estimate of drug-likeness (QED) is 0.310. The van der Waals surface area contributed by atoms with Crippen LogP contribution in [-0.2, 0) is 15.9 Å². The number of benzene rings is 1. The highest BCUT2D eigenvalue weighted by atomic mass is 32.1. The van der Waals surface area contributed by atoms with Gasteiger partial charge in [-0.25, -0.2) is 9.78 Å². The molecule has 8 nitrogen and oxygen atoms in total. The highest BCUT2D eigenvalue weighted by Gasteiger charge is 2.34. The van der Waals surface area contributed by atoms with Crippen LogP contribution in [0, 0.1) is 5.41 Å². The minimum absolute atomic E-state index is 0.0180. The molecule has 4 rings (SSSR count). The van der Waals surface area contributed by atoms with E-state index in [2.05, 4.69) is 31.8 Å². The maximum absolute atomic E-state index is 13.0. The first-order valence-corrected chi connectivity index (χ1v) is 12.7. The number of nitrogens with zero attached hydrogens (tertiary/aromatic N) is 2. The molecule has 192 valence electrons. The van der Waals surface area contributed by atoms with Gasteiger partial charge in [0.15, 0.2) is 5.43 Å². The summed E-state index contributed by atoms with van der Waals surface area (Å²) >= 11 is 1.45. The molecule has 0 bridgehead atoms. The first kappa shape index (κ1) is 25.9. The summed E-state index contributed by atoms with van der Waals surface area (Å²) in [6, 6.07) is 5.64. The molecule has 0 radical (unpaired) electrons. The standard InChI is InChI=1S/C27H32N2O6S/c1-7-34-25(31)19-15-29-20(13-21(19)30)17-12-22(33-6)18(10-16(17)11-24(29)27(2,3)4)23-14-28-26(36-23)35-9-8-32-5/h10,12-15,24H,7-9,11H2,1-6H3. The van der Waals surface area contributed by atoms with Crippen molar-refractivity contribution in [3.63, 3.8) is 0 Å². The number of hydrogen-bond donors (Lipinski definition) is 0. The second-order valence-corrected chi connectivity index (χ2v) is 10.7. The molecular weight excluding hydrogens is 480 g/mol. The number of esters is 1. The summed E-state index contributed by atoms with van der Waals surface area (Å²) in [6.07, 6.45) is 4.16. The predicted molar refractivity (Wildman–Crippen MR) is 139 cm³/mol. The van der Waals surface area contributed by atoms with Crippen LogP contribution in [0.3, 0.4) is 0 Å². The Kier molecular flexibility index (Phi) is 7.51. The van der Waals surface area contributed by atoms with E-state index in [0.717, 1.165) is 33.7 Å². The largest absolute Gasteiger partial charge is 0.496 e. The lowest BCUT2D eigenvalue weighted by molar-refractivity contribution is 0.0523. The molecule has 0 amide bonds.